The molecule has 0 atom stereocenters. The molecule has 0 aromatic heterocycles. The van der Waals surface area contributed by atoms with Gasteiger partial charge in [-0.15, -0.1) is 0 Å². The van der Waals surface area contributed by atoms with Gasteiger partial charge in [-0.05, 0) is 51.3 Å². The smallest absolute Gasteiger partial charge is 0.230 e. The summed E-state index contributed by atoms with van der Waals surface area (Å²) in [6.45, 7) is 7.14. The van der Waals surface area contributed by atoms with Crippen molar-refractivity contribution in [2.75, 3.05) is 30.3 Å². The molecule has 1 heterocycles. The number of nitrogens with zero attached hydrogens (tertiary/aromatic N) is 2. The average Bonchev–Trinajstić information content (AvgIpc) is 2.55. The van der Waals surface area contributed by atoms with Crippen LogP contribution in [0.4, 0.5) is 5.69 Å². The quantitative estimate of drug-likeness (QED) is 0.828. The van der Waals surface area contributed by atoms with Gasteiger partial charge >= 0.3 is 0 Å². The van der Waals surface area contributed by atoms with Gasteiger partial charge in [0.1, 0.15) is 0 Å². The van der Waals surface area contributed by atoms with Gasteiger partial charge in [-0.1, -0.05) is 12.1 Å². The predicted molar refractivity (Wildman–Crippen MR) is 93.0 cm³/mol. The fraction of sp³-hybridized carbons (Fsp3) is 0.588. The van der Waals surface area contributed by atoms with Crippen LogP contribution in [-0.2, 0) is 14.8 Å². The summed E-state index contributed by atoms with van der Waals surface area (Å²) in [6.07, 6.45) is 1.20. The van der Waals surface area contributed by atoms with E-state index in [1.165, 1.54) is 4.31 Å². The van der Waals surface area contributed by atoms with E-state index in [4.69, 9.17) is 0 Å². The number of aryl methyl sites for hydroxylation is 1. The van der Waals surface area contributed by atoms with Gasteiger partial charge in [0, 0.05) is 31.2 Å². The Morgan fingerprint density at radius 2 is 1.91 bits per heavy atom. The Morgan fingerprint density at radius 3 is 2.43 bits per heavy atom. The maximum atomic E-state index is 12.8. The minimum atomic E-state index is -3.15. The van der Waals surface area contributed by atoms with Crippen LogP contribution >= 0.6 is 0 Å². The van der Waals surface area contributed by atoms with Crippen LogP contribution in [0, 0.1) is 12.8 Å². The zero-order chi connectivity index (χ0) is 17.0. The summed E-state index contributed by atoms with van der Waals surface area (Å²) in [5, 5.41) is 0. The van der Waals surface area contributed by atoms with Crippen molar-refractivity contribution in [1.82, 2.24) is 4.31 Å². The molecule has 128 valence electrons. The zero-order valence-electron chi connectivity index (χ0n) is 14.2. The van der Waals surface area contributed by atoms with Crippen molar-refractivity contribution >= 4 is 21.6 Å². The SMILES string of the molecule is CCN(C(=O)C1CCN(S(=O)(=O)CC)CC1)c1cccc(C)c1. The Kier molecular flexibility index (Phi) is 5.81. The summed E-state index contributed by atoms with van der Waals surface area (Å²) in [5.41, 5.74) is 2.04. The lowest BCUT2D eigenvalue weighted by molar-refractivity contribution is -0.123. The molecule has 0 unspecified atom stereocenters. The van der Waals surface area contributed by atoms with Gasteiger partial charge < -0.3 is 4.90 Å². The lowest BCUT2D eigenvalue weighted by Gasteiger charge is -2.33. The van der Waals surface area contributed by atoms with Crippen molar-refractivity contribution in [2.45, 2.75) is 33.6 Å². The van der Waals surface area contributed by atoms with Crippen molar-refractivity contribution in [3.63, 3.8) is 0 Å². The van der Waals surface area contributed by atoms with Crippen LogP contribution in [0.15, 0.2) is 24.3 Å². The van der Waals surface area contributed by atoms with Crippen LogP contribution in [0.3, 0.4) is 0 Å². The van der Waals surface area contributed by atoms with Crippen LogP contribution in [-0.4, -0.2) is 44.0 Å². The molecular formula is C17H26N2O3S. The summed E-state index contributed by atoms with van der Waals surface area (Å²) >= 11 is 0. The average molecular weight is 338 g/mol. The third-order valence-corrected chi connectivity index (χ3v) is 6.34. The third-order valence-electron chi connectivity index (χ3n) is 4.46. The van der Waals surface area contributed by atoms with Crippen LogP contribution in [0.1, 0.15) is 32.3 Å². The standard InChI is InChI=1S/C17H26N2O3S/c1-4-19(16-8-6-7-14(3)13-16)17(20)15-9-11-18(12-10-15)23(21,22)5-2/h6-8,13,15H,4-5,9-12H2,1-3H3. The van der Waals surface area contributed by atoms with E-state index in [2.05, 4.69) is 0 Å². The van der Waals surface area contributed by atoms with E-state index >= 15 is 0 Å². The van der Waals surface area contributed by atoms with E-state index in [0.717, 1.165) is 11.3 Å². The topological polar surface area (TPSA) is 57.7 Å². The highest BCUT2D eigenvalue weighted by Crippen LogP contribution is 2.25. The molecular weight excluding hydrogens is 312 g/mol. The molecule has 0 bridgehead atoms. The molecule has 0 saturated carbocycles. The van der Waals surface area contributed by atoms with Crippen molar-refractivity contribution in [2.24, 2.45) is 5.92 Å². The van der Waals surface area contributed by atoms with E-state index in [9.17, 15) is 13.2 Å². The lowest BCUT2D eigenvalue weighted by atomic mass is 9.96. The number of hydrogen-bond acceptors (Lipinski definition) is 3. The molecule has 1 aliphatic rings. The van der Waals surface area contributed by atoms with E-state index in [1.54, 1.807) is 6.92 Å². The van der Waals surface area contributed by atoms with Gasteiger partial charge in [0.25, 0.3) is 0 Å². The van der Waals surface area contributed by atoms with Crippen molar-refractivity contribution in [3.8, 4) is 0 Å². The summed E-state index contributed by atoms with van der Waals surface area (Å²) in [5.74, 6) is 0.126. The Morgan fingerprint density at radius 1 is 1.26 bits per heavy atom. The molecule has 0 radical (unpaired) electrons. The molecule has 1 aliphatic heterocycles. The zero-order valence-corrected chi connectivity index (χ0v) is 15.0. The maximum absolute atomic E-state index is 12.8. The van der Waals surface area contributed by atoms with Gasteiger partial charge in [-0.3, -0.25) is 4.79 Å². The van der Waals surface area contributed by atoms with Crippen molar-refractivity contribution in [1.29, 1.82) is 0 Å². The minimum absolute atomic E-state index is 0.0984. The fourth-order valence-corrected chi connectivity index (χ4v) is 4.18. The maximum Gasteiger partial charge on any atom is 0.230 e. The first-order chi connectivity index (χ1) is 10.9. The first-order valence-electron chi connectivity index (χ1n) is 8.25. The van der Waals surface area contributed by atoms with Gasteiger partial charge in [0.15, 0.2) is 0 Å². The summed E-state index contributed by atoms with van der Waals surface area (Å²) < 4.78 is 25.3. The second-order valence-corrected chi connectivity index (χ2v) is 8.25. The van der Waals surface area contributed by atoms with E-state index in [0.29, 0.717) is 32.5 Å². The fourth-order valence-electron chi connectivity index (χ4n) is 3.05. The van der Waals surface area contributed by atoms with E-state index < -0.39 is 10.0 Å². The van der Waals surface area contributed by atoms with E-state index in [1.807, 2.05) is 43.0 Å². The number of rotatable bonds is 5. The molecule has 5 nitrogen and oxygen atoms in total. The van der Waals surface area contributed by atoms with Gasteiger partial charge in [0.05, 0.1) is 5.75 Å². The molecule has 1 aromatic rings. The number of sulfonamides is 1. The molecule has 6 heteroatoms. The van der Waals surface area contributed by atoms with Crippen molar-refractivity contribution in [3.05, 3.63) is 29.8 Å². The van der Waals surface area contributed by atoms with Crippen molar-refractivity contribution < 1.29 is 13.2 Å². The minimum Gasteiger partial charge on any atom is -0.312 e. The number of carbonyl (C=O) groups excluding carboxylic acids is 1. The molecule has 2 rings (SSSR count). The summed E-state index contributed by atoms with van der Waals surface area (Å²) in [4.78, 5) is 14.6. The highest BCUT2D eigenvalue weighted by Gasteiger charge is 2.32. The Bertz CT molecular complexity index is 650. The third kappa shape index (κ3) is 4.12. The molecule has 1 amide bonds. The summed E-state index contributed by atoms with van der Waals surface area (Å²) in [6, 6.07) is 7.93. The Hall–Kier alpha value is -1.40. The summed E-state index contributed by atoms with van der Waals surface area (Å²) in [7, 11) is -3.15. The molecule has 0 spiro atoms. The second-order valence-electron chi connectivity index (χ2n) is 6.00. The number of piperidine rings is 1. The number of benzene rings is 1. The van der Waals surface area contributed by atoms with Gasteiger partial charge in [0.2, 0.25) is 15.9 Å². The Balaban J connectivity index is 2.06. The number of anilines is 1. The highest BCUT2D eigenvalue weighted by atomic mass is 32.2. The first kappa shape index (κ1) is 17.9. The van der Waals surface area contributed by atoms with E-state index in [-0.39, 0.29) is 17.6 Å². The number of carbonyl (C=O) groups is 1. The van der Waals surface area contributed by atoms with Crippen LogP contribution in [0.25, 0.3) is 0 Å². The van der Waals surface area contributed by atoms with Crippen LogP contribution < -0.4 is 4.90 Å². The molecule has 1 fully saturated rings. The molecule has 0 aliphatic carbocycles. The molecule has 1 saturated heterocycles. The van der Waals surface area contributed by atoms with Crippen LogP contribution in [0.2, 0.25) is 0 Å². The van der Waals surface area contributed by atoms with Crippen LogP contribution in [0.5, 0.6) is 0 Å². The predicted octanol–water partition coefficient (Wildman–Crippen LogP) is 2.41. The monoisotopic (exact) mass is 338 g/mol. The lowest BCUT2D eigenvalue weighted by Crippen LogP contribution is -2.44. The highest BCUT2D eigenvalue weighted by molar-refractivity contribution is 7.89. The normalized spacial score (nSPS) is 17.2. The molecule has 23 heavy (non-hydrogen) atoms. The first-order valence-corrected chi connectivity index (χ1v) is 9.85. The van der Waals surface area contributed by atoms with Gasteiger partial charge in [-0.25, -0.2) is 12.7 Å². The van der Waals surface area contributed by atoms with Gasteiger partial charge in [-0.2, -0.15) is 0 Å². The number of hydrogen-bond donors (Lipinski definition) is 0. The molecule has 1 aromatic carbocycles. The Labute approximate surface area is 139 Å². The molecule has 0 N–H and O–H groups in total. The second kappa shape index (κ2) is 7.45. The number of amides is 1. The largest absolute Gasteiger partial charge is 0.312 e.